The van der Waals surface area contributed by atoms with Gasteiger partial charge in [0.15, 0.2) is 0 Å². The van der Waals surface area contributed by atoms with Gasteiger partial charge in [0.05, 0.1) is 6.42 Å². The van der Waals surface area contributed by atoms with Crippen molar-refractivity contribution in [2.75, 3.05) is 13.1 Å². The van der Waals surface area contributed by atoms with Gasteiger partial charge in [-0.2, -0.15) is 0 Å². The number of hydrogen-bond acceptors (Lipinski definition) is 3. The van der Waals surface area contributed by atoms with E-state index in [1.807, 2.05) is 20.8 Å². The third kappa shape index (κ3) is 9.46. The highest BCUT2D eigenvalue weighted by Crippen LogP contribution is 2.10. The molecule has 0 saturated heterocycles. The minimum atomic E-state index is -0.373. The van der Waals surface area contributed by atoms with Crippen LogP contribution >= 0.6 is 0 Å². The molecule has 0 heterocycles. The van der Waals surface area contributed by atoms with Crippen molar-refractivity contribution in [3.8, 4) is 0 Å². The van der Waals surface area contributed by atoms with Crippen molar-refractivity contribution in [2.24, 2.45) is 0 Å². The molecule has 18 heavy (non-hydrogen) atoms. The van der Waals surface area contributed by atoms with Crippen LogP contribution in [0.5, 0.6) is 0 Å². The minimum Gasteiger partial charge on any atom is -0.460 e. The topological polar surface area (TPSA) is 29.5 Å². The van der Waals surface area contributed by atoms with Crippen molar-refractivity contribution in [2.45, 2.75) is 78.9 Å². The third-order valence-electron chi connectivity index (χ3n) is 2.80. The van der Waals surface area contributed by atoms with E-state index in [0.717, 1.165) is 13.1 Å². The molecule has 0 aliphatic heterocycles. The summed E-state index contributed by atoms with van der Waals surface area (Å²) in [5, 5.41) is 0. The zero-order valence-corrected chi connectivity index (χ0v) is 13.1. The second kappa shape index (κ2) is 8.52. The lowest BCUT2D eigenvalue weighted by molar-refractivity contribution is -0.155. The minimum absolute atomic E-state index is 0.0939. The Morgan fingerprint density at radius 1 is 1.17 bits per heavy atom. The van der Waals surface area contributed by atoms with Crippen molar-refractivity contribution in [3.63, 3.8) is 0 Å². The molecule has 0 atom stereocenters. The normalized spacial score (nSPS) is 12.2. The van der Waals surface area contributed by atoms with Gasteiger partial charge < -0.3 is 9.64 Å². The molecule has 0 aromatic heterocycles. The van der Waals surface area contributed by atoms with Gasteiger partial charge in [-0.05, 0) is 47.6 Å². The van der Waals surface area contributed by atoms with E-state index in [0.29, 0.717) is 12.5 Å². The summed E-state index contributed by atoms with van der Waals surface area (Å²) < 4.78 is 5.33. The summed E-state index contributed by atoms with van der Waals surface area (Å²) in [4.78, 5) is 14.0. The molecule has 0 fully saturated rings. The molecule has 0 unspecified atom stereocenters. The summed E-state index contributed by atoms with van der Waals surface area (Å²) in [5.74, 6) is -0.0939. The van der Waals surface area contributed by atoms with Gasteiger partial charge >= 0.3 is 5.97 Å². The Balaban J connectivity index is 3.99. The zero-order valence-electron chi connectivity index (χ0n) is 13.1. The van der Waals surface area contributed by atoms with Gasteiger partial charge in [-0.15, -0.1) is 0 Å². The summed E-state index contributed by atoms with van der Waals surface area (Å²) in [7, 11) is 0. The van der Waals surface area contributed by atoms with Crippen LogP contribution in [0.3, 0.4) is 0 Å². The summed E-state index contributed by atoms with van der Waals surface area (Å²) in [6, 6.07) is 0.490. The van der Waals surface area contributed by atoms with E-state index in [1.165, 1.54) is 19.3 Å². The lowest BCUT2D eigenvalue weighted by Gasteiger charge is -2.27. The SMILES string of the molecule is CCCCCN(CCC(=O)OC(C)(C)C)C(C)C. The Hall–Kier alpha value is -0.570. The Morgan fingerprint density at radius 2 is 1.78 bits per heavy atom. The maximum absolute atomic E-state index is 11.7. The number of esters is 1. The molecule has 0 amide bonds. The van der Waals surface area contributed by atoms with Crippen LogP contribution in [0, 0.1) is 0 Å². The van der Waals surface area contributed by atoms with Crippen LogP contribution in [0.15, 0.2) is 0 Å². The fourth-order valence-electron chi connectivity index (χ4n) is 1.82. The molecule has 0 N–H and O–H groups in total. The molecule has 3 nitrogen and oxygen atoms in total. The standard InChI is InChI=1S/C15H31NO2/c1-7-8-9-11-16(13(2)3)12-10-14(17)18-15(4,5)6/h13H,7-12H2,1-6H3. The van der Waals surface area contributed by atoms with Crippen LogP contribution < -0.4 is 0 Å². The number of ether oxygens (including phenoxy) is 1. The van der Waals surface area contributed by atoms with Gasteiger partial charge in [0.1, 0.15) is 5.60 Å². The number of nitrogens with zero attached hydrogens (tertiary/aromatic N) is 1. The smallest absolute Gasteiger partial charge is 0.307 e. The maximum atomic E-state index is 11.7. The number of rotatable bonds is 8. The largest absolute Gasteiger partial charge is 0.460 e. The fraction of sp³-hybridized carbons (Fsp3) is 0.933. The first-order valence-electron chi connectivity index (χ1n) is 7.22. The van der Waals surface area contributed by atoms with Crippen LogP contribution in [0.2, 0.25) is 0 Å². The average Bonchev–Trinajstić information content (AvgIpc) is 2.20. The highest BCUT2D eigenvalue weighted by atomic mass is 16.6. The average molecular weight is 257 g/mol. The van der Waals surface area contributed by atoms with Crippen LogP contribution in [-0.4, -0.2) is 35.6 Å². The monoisotopic (exact) mass is 257 g/mol. The molecule has 0 aromatic carbocycles. The molecule has 0 aliphatic carbocycles. The second-order valence-corrected chi connectivity index (χ2v) is 6.17. The van der Waals surface area contributed by atoms with Crippen molar-refractivity contribution in [1.82, 2.24) is 4.90 Å². The second-order valence-electron chi connectivity index (χ2n) is 6.17. The lowest BCUT2D eigenvalue weighted by Crippen LogP contribution is -2.35. The van der Waals surface area contributed by atoms with E-state index in [4.69, 9.17) is 4.74 Å². The number of hydrogen-bond donors (Lipinski definition) is 0. The van der Waals surface area contributed by atoms with Gasteiger partial charge in [0.25, 0.3) is 0 Å². The number of carbonyl (C=O) groups excluding carboxylic acids is 1. The fourth-order valence-corrected chi connectivity index (χ4v) is 1.82. The summed E-state index contributed by atoms with van der Waals surface area (Å²) >= 11 is 0. The third-order valence-corrected chi connectivity index (χ3v) is 2.80. The van der Waals surface area contributed by atoms with Crippen LogP contribution in [0.1, 0.15) is 67.2 Å². The van der Waals surface area contributed by atoms with Crippen molar-refractivity contribution < 1.29 is 9.53 Å². The Kier molecular flexibility index (Phi) is 8.25. The quantitative estimate of drug-likeness (QED) is 0.491. The van der Waals surface area contributed by atoms with Crippen LogP contribution in [0.25, 0.3) is 0 Å². The molecule has 0 aromatic rings. The molecule has 0 radical (unpaired) electrons. The number of unbranched alkanes of at least 4 members (excludes halogenated alkanes) is 2. The maximum Gasteiger partial charge on any atom is 0.307 e. The predicted octanol–water partition coefficient (Wildman–Crippen LogP) is 3.62. The number of carbonyl (C=O) groups is 1. The molecule has 0 saturated carbocycles. The summed E-state index contributed by atoms with van der Waals surface area (Å²) in [6.45, 7) is 14.2. The van der Waals surface area contributed by atoms with E-state index < -0.39 is 0 Å². The molecule has 3 heteroatoms. The summed E-state index contributed by atoms with van der Waals surface area (Å²) in [6.07, 6.45) is 4.19. The van der Waals surface area contributed by atoms with E-state index in [9.17, 15) is 4.79 Å². The zero-order chi connectivity index (χ0) is 14.2. The molecule has 0 rings (SSSR count). The van der Waals surface area contributed by atoms with Crippen LogP contribution in [-0.2, 0) is 9.53 Å². The highest BCUT2D eigenvalue weighted by molar-refractivity contribution is 5.70. The first kappa shape index (κ1) is 17.4. The molecule has 0 bridgehead atoms. The molecular formula is C15H31NO2. The van der Waals surface area contributed by atoms with E-state index in [1.54, 1.807) is 0 Å². The van der Waals surface area contributed by atoms with Gasteiger partial charge in [0.2, 0.25) is 0 Å². The predicted molar refractivity (Wildman–Crippen MR) is 76.7 cm³/mol. The van der Waals surface area contributed by atoms with Crippen LogP contribution in [0.4, 0.5) is 0 Å². The Labute approximate surface area is 113 Å². The lowest BCUT2D eigenvalue weighted by atomic mass is 10.2. The molecular weight excluding hydrogens is 226 g/mol. The van der Waals surface area contributed by atoms with E-state index >= 15 is 0 Å². The van der Waals surface area contributed by atoms with Crippen molar-refractivity contribution in [1.29, 1.82) is 0 Å². The van der Waals surface area contributed by atoms with Gasteiger partial charge in [-0.3, -0.25) is 4.79 Å². The molecule has 0 aliphatic rings. The first-order chi connectivity index (χ1) is 8.26. The molecule has 108 valence electrons. The van der Waals surface area contributed by atoms with Crippen molar-refractivity contribution >= 4 is 5.97 Å². The van der Waals surface area contributed by atoms with Crippen molar-refractivity contribution in [3.05, 3.63) is 0 Å². The van der Waals surface area contributed by atoms with E-state index in [2.05, 4.69) is 25.7 Å². The highest BCUT2D eigenvalue weighted by Gasteiger charge is 2.17. The van der Waals surface area contributed by atoms with Gasteiger partial charge in [0, 0.05) is 12.6 Å². The van der Waals surface area contributed by atoms with Gasteiger partial charge in [-0.25, -0.2) is 0 Å². The first-order valence-corrected chi connectivity index (χ1v) is 7.22. The van der Waals surface area contributed by atoms with E-state index in [-0.39, 0.29) is 11.6 Å². The van der Waals surface area contributed by atoms with Gasteiger partial charge in [-0.1, -0.05) is 19.8 Å². The molecule has 0 spiro atoms. The Bertz CT molecular complexity index is 231. The Morgan fingerprint density at radius 3 is 2.22 bits per heavy atom. The summed E-state index contributed by atoms with van der Waals surface area (Å²) in [5.41, 5.74) is -0.373.